The Bertz CT molecular complexity index is 1230. The van der Waals surface area contributed by atoms with Crippen LogP contribution in [0.25, 0.3) is 0 Å². The van der Waals surface area contributed by atoms with Gasteiger partial charge in [-0.1, -0.05) is 48.2 Å². The van der Waals surface area contributed by atoms with Crippen LogP contribution in [-0.2, 0) is 11.3 Å². The third-order valence-corrected chi connectivity index (χ3v) is 7.09. The molecule has 34 heavy (non-hydrogen) atoms. The molecule has 4 rings (SSSR count). The molecule has 3 N–H and O–H groups in total. The van der Waals surface area contributed by atoms with Crippen LogP contribution in [0.3, 0.4) is 0 Å². The van der Waals surface area contributed by atoms with Gasteiger partial charge in [-0.2, -0.15) is 5.26 Å². The first-order valence-electron chi connectivity index (χ1n) is 11.2. The first-order chi connectivity index (χ1) is 16.5. The molecule has 1 aliphatic heterocycles. The Morgan fingerprint density at radius 2 is 1.71 bits per heavy atom. The lowest BCUT2D eigenvalue weighted by Gasteiger charge is -2.30. The highest BCUT2D eigenvalue weighted by Gasteiger charge is 2.23. The number of hydrogen-bond donors (Lipinski definition) is 2. The minimum atomic E-state index is -0.209. The summed E-state index contributed by atoms with van der Waals surface area (Å²) in [6.07, 6.45) is 1.57. The molecule has 3 aromatic rings. The van der Waals surface area contributed by atoms with Crippen LogP contribution >= 0.6 is 11.8 Å². The Hall–Kier alpha value is -3.60. The lowest BCUT2D eigenvalue weighted by Crippen LogP contribution is -2.38. The average Bonchev–Trinajstić information content (AvgIpc) is 2.85. The summed E-state index contributed by atoms with van der Waals surface area (Å²) in [7, 11) is 0. The molecule has 0 aliphatic carbocycles. The van der Waals surface area contributed by atoms with Crippen molar-refractivity contribution in [2.24, 2.45) is 11.7 Å². The fourth-order valence-corrected chi connectivity index (χ4v) is 5.11. The summed E-state index contributed by atoms with van der Waals surface area (Å²) in [4.78, 5) is 28.4. The van der Waals surface area contributed by atoms with Gasteiger partial charge in [0.1, 0.15) is 6.07 Å². The van der Waals surface area contributed by atoms with Crippen LogP contribution in [0, 0.1) is 17.2 Å². The summed E-state index contributed by atoms with van der Waals surface area (Å²) in [6, 6.07) is 24.8. The topological polar surface area (TPSA) is 99.2 Å². The van der Waals surface area contributed by atoms with Gasteiger partial charge in [0.05, 0.1) is 11.1 Å². The van der Waals surface area contributed by atoms with Gasteiger partial charge in [-0.3, -0.25) is 14.5 Å². The van der Waals surface area contributed by atoms with E-state index in [1.165, 1.54) is 11.8 Å². The molecule has 0 unspecified atom stereocenters. The Morgan fingerprint density at radius 3 is 2.44 bits per heavy atom. The molecule has 7 heteroatoms. The summed E-state index contributed by atoms with van der Waals surface area (Å²) in [6.45, 7) is 2.42. The van der Waals surface area contributed by atoms with Crippen LogP contribution in [0.5, 0.6) is 0 Å². The standard InChI is InChI=1S/C27H26N4O2S/c28-17-21-7-1-3-10-24(21)34-25-11-4-2-9-23(25)27(33)30-22-8-5-6-19(16-22)18-31-14-12-20(13-15-31)26(29)32/h1-11,16,20H,12-15,18H2,(H2,29,32)(H,30,33). The maximum Gasteiger partial charge on any atom is 0.256 e. The highest BCUT2D eigenvalue weighted by atomic mass is 32.2. The molecule has 0 saturated carbocycles. The lowest BCUT2D eigenvalue weighted by molar-refractivity contribution is -0.123. The second-order valence-corrected chi connectivity index (χ2v) is 9.40. The molecule has 1 saturated heterocycles. The number of anilines is 1. The first-order valence-corrected chi connectivity index (χ1v) is 12.0. The third-order valence-electron chi connectivity index (χ3n) is 5.94. The second kappa shape index (κ2) is 11.0. The summed E-state index contributed by atoms with van der Waals surface area (Å²) in [5, 5.41) is 12.4. The van der Waals surface area contributed by atoms with Crippen molar-refractivity contribution in [3.8, 4) is 6.07 Å². The monoisotopic (exact) mass is 470 g/mol. The van der Waals surface area contributed by atoms with Gasteiger partial charge in [-0.05, 0) is 67.9 Å². The predicted octanol–water partition coefficient (Wildman–Crippen LogP) is 4.66. The Balaban J connectivity index is 1.44. The van der Waals surface area contributed by atoms with E-state index in [0.717, 1.165) is 53.5 Å². The van der Waals surface area contributed by atoms with Crippen molar-refractivity contribution >= 4 is 29.3 Å². The number of primary amides is 1. The van der Waals surface area contributed by atoms with E-state index >= 15 is 0 Å². The van der Waals surface area contributed by atoms with Crippen LogP contribution < -0.4 is 11.1 Å². The zero-order valence-electron chi connectivity index (χ0n) is 18.7. The van der Waals surface area contributed by atoms with Gasteiger partial charge in [0.25, 0.3) is 5.91 Å². The number of nitrogens with one attached hydrogen (secondary N) is 1. The van der Waals surface area contributed by atoms with Crippen LogP contribution in [0.4, 0.5) is 5.69 Å². The molecule has 2 amide bonds. The fourth-order valence-electron chi connectivity index (χ4n) is 4.09. The summed E-state index contributed by atoms with van der Waals surface area (Å²) >= 11 is 1.41. The molecule has 0 spiro atoms. The van der Waals surface area contributed by atoms with E-state index in [1.54, 1.807) is 12.1 Å². The number of rotatable bonds is 7. The number of benzene rings is 3. The van der Waals surface area contributed by atoms with E-state index in [1.807, 2.05) is 60.7 Å². The van der Waals surface area contributed by atoms with E-state index in [4.69, 9.17) is 5.73 Å². The number of hydrogen-bond acceptors (Lipinski definition) is 5. The fraction of sp³-hybridized carbons (Fsp3) is 0.222. The molecule has 1 heterocycles. The molecule has 0 bridgehead atoms. The van der Waals surface area contributed by atoms with Crippen molar-refractivity contribution in [1.29, 1.82) is 5.26 Å². The van der Waals surface area contributed by atoms with Gasteiger partial charge >= 0.3 is 0 Å². The van der Waals surface area contributed by atoms with E-state index < -0.39 is 0 Å². The molecule has 1 fully saturated rings. The molecule has 3 aromatic carbocycles. The van der Waals surface area contributed by atoms with Gasteiger partial charge in [0.15, 0.2) is 0 Å². The molecular weight excluding hydrogens is 444 g/mol. The molecule has 1 aliphatic rings. The highest BCUT2D eigenvalue weighted by molar-refractivity contribution is 7.99. The number of piperidine rings is 1. The van der Waals surface area contributed by atoms with Crippen LogP contribution in [0.15, 0.2) is 82.6 Å². The van der Waals surface area contributed by atoms with E-state index in [-0.39, 0.29) is 17.7 Å². The van der Waals surface area contributed by atoms with Crippen LogP contribution in [-0.4, -0.2) is 29.8 Å². The maximum absolute atomic E-state index is 13.1. The first kappa shape index (κ1) is 23.6. The van der Waals surface area contributed by atoms with Gasteiger partial charge < -0.3 is 11.1 Å². The quantitative estimate of drug-likeness (QED) is 0.523. The number of nitriles is 1. The summed E-state index contributed by atoms with van der Waals surface area (Å²) in [5.74, 6) is -0.434. The number of nitrogens with zero attached hydrogens (tertiary/aromatic N) is 2. The van der Waals surface area contributed by atoms with Crippen molar-refractivity contribution in [3.63, 3.8) is 0 Å². The smallest absolute Gasteiger partial charge is 0.256 e. The van der Waals surface area contributed by atoms with Crippen LogP contribution in [0.2, 0.25) is 0 Å². The maximum atomic E-state index is 13.1. The van der Waals surface area contributed by atoms with Crippen LogP contribution in [0.1, 0.15) is 34.3 Å². The van der Waals surface area contributed by atoms with Gasteiger partial charge in [-0.15, -0.1) is 0 Å². The SMILES string of the molecule is N#Cc1ccccc1Sc1ccccc1C(=O)Nc1cccc(CN2CCC(C(N)=O)CC2)c1. The van der Waals surface area contributed by atoms with E-state index in [0.29, 0.717) is 11.1 Å². The zero-order valence-corrected chi connectivity index (χ0v) is 19.6. The minimum Gasteiger partial charge on any atom is -0.369 e. The van der Waals surface area contributed by atoms with Crippen molar-refractivity contribution in [2.75, 3.05) is 18.4 Å². The second-order valence-electron chi connectivity index (χ2n) is 8.31. The molecule has 0 radical (unpaired) electrons. The number of nitrogens with two attached hydrogens (primary N) is 1. The molecule has 0 atom stereocenters. The Labute approximate surface area is 203 Å². The Kier molecular flexibility index (Phi) is 7.63. The van der Waals surface area contributed by atoms with Gasteiger partial charge in [0.2, 0.25) is 5.91 Å². The summed E-state index contributed by atoms with van der Waals surface area (Å²) < 4.78 is 0. The number of carbonyl (C=O) groups is 2. The third kappa shape index (κ3) is 5.84. The largest absolute Gasteiger partial charge is 0.369 e. The average molecular weight is 471 g/mol. The van der Waals surface area contributed by atoms with Gasteiger partial charge in [0, 0.05) is 27.9 Å². The zero-order chi connectivity index (χ0) is 23.9. The molecule has 172 valence electrons. The normalized spacial score (nSPS) is 14.3. The Morgan fingerprint density at radius 1 is 1.00 bits per heavy atom. The van der Waals surface area contributed by atoms with E-state index in [2.05, 4.69) is 16.3 Å². The number of carbonyl (C=O) groups excluding carboxylic acids is 2. The van der Waals surface area contributed by atoms with Gasteiger partial charge in [-0.25, -0.2) is 0 Å². The number of amides is 2. The number of likely N-dealkylation sites (tertiary alicyclic amines) is 1. The molecule has 6 nitrogen and oxygen atoms in total. The highest BCUT2D eigenvalue weighted by Crippen LogP contribution is 2.33. The minimum absolute atomic E-state index is 0.0278. The molecule has 0 aromatic heterocycles. The van der Waals surface area contributed by atoms with Crippen molar-refractivity contribution < 1.29 is 9.59 Å². The molecular formula is C27H26N4O2S. The summed E-state index contributed by atoms with van der Waals surface area (Å²) in [5.41, 5.74) is 8.39. The lowest BCUT2D eigenvalue weighted by atomic mass is 9.96. The predicted molar refractivity (Wildman–Crippen MR) is 133 cm³/mol. The van der Waals surface area contributed by atoms with Crippen molar-refractivity contribution in [2.45, 2.75) is 29.2 Å². The van der Waals surface area contributed by atoms with Crippen molar-refractivity contribution in [1.82, 2.24) is 4.90 Å². The van der Waals surface area contributed by atoms with E-state index in [9.17, 15) is 14.9 Å². The van der Waals surface area contributed by atoms with Crippen molar-refractivity contribution in [3.05, 3.63) is 89.5 Å².